The molecule has 0 fully saturated rings. The van der Waals surface area contributed by atoms with Gasteiger partial charge < -0.3 is 0 Å². The van der Waals surface area contributed by atoms with Crippen molar-refractivity contribution in [2.45, 2.75) is 6.92 Å². The Hall–Kier alpha value is -2.10. The number of carbonyl (C=O) groups excluding carboxylic acids is 1. The second-order valence-corrected chi connectivity index (χ2v) is 3.71. The molecule has 86 valence electrons. The summed E-state index contributed by atoms with van der Waals surface area (Å²) in [4.78, 5) is 14.4. The highest BCUT2D eigenvalue weighted by molar-refractivity contribution is 5.78. The first kappa shape index (κ1) is 11.4. The highest BCUT2D eigenvalue weighted by Crippen LogP contribution is 2.25. The lowest BCUT2D eigenvalue weighted by atomic mass is 10.0. The van der Waals surface area contributed by atoms with E-state index in [-0.39, 0.29) is 5.56 Å². The number of aromatic nitrogens is 1. The molecule has 0 spiro atoms. The Labute approximate surface area is 96.9 Å². The molecule has 2 rings (SSSR count). The van der Waals surface area contributed by atoms with Crippen molar-refractivity contribution in [1.29, 1.82) is 0 Å². The van der Waals surface area contributed by atoms with Crippen LogP contribution in [-0.2, 0) is 0 Å². The Balaban J connectivity index is 2.59. The van der Waals surface area contributed by atoms with Crippen LogP contribution < -0.4 is 0 Å². The quantitative estimate of drug-likeness (QED) is 0.746. The minimum absolute atomic E-state index is 0.236. The molecule has 0 N–H and O–H groups in total. The molecule has 2 nitrogen and oxygen atoms in total. The molecule has 1 aromatic carbocycles. The summed E-state index contributed by atoms with van der Waals surface area (Å²) in [7, 11) is 0. The largest absolute Gasteiger partial charge is 0.298 e. The summed E-state index contributed by atoms with van der Waals surface area (Å²) >= 11 is 0. The van der Waals surface area contributed by atoms with Crippen molar-refractivity contribution in [1.82, 2.24) is 4.98 Å². The van der Waals surface area contributed by atoms with E-state index in [1.54, 1.807) is 6.92 Å². The summed E-state index contributed by atoms with van der Waals surface area (Å²) in [5.74, 6) is -1.26. The highest BCUT2D eigenvalue weighted by Gasteiger charge is 2.10. The van der Waals surface area contributed by atoms with Gasteiger partial charge in [-0.1, -0.05) is 0 Å². The fourth-order valence-electron chi connectivity index (χ4n) is 1.55. The predicted molar refractivity (Wildman–Crippen MR) is 59.7 cm³/mol. The van der Waals surface area contributed by atoms with Gasteiger partial charge in [0.1, 0.15) is 11.6 Å². The molecule has 0 radical (unpaired) electrons. The van der Waals surface area contributed by atoms with E-state index in [4.69, 9.17) is 0 Å². The van der Waals surface area contributed by atoms with Crippen LogP contribution in [0.2, 0.25) is 0 Å². The maximum atomic E-state index is 13.6. The minimum Gasteiger partial charge on any atom is -0.298 e. The summed E-state index contributed by atoms with van der Waals surface area (Å²) < 4.78 is 26.7. The van der Waals surface area contributed by atoms with Crippen LogP contribution in [0.15, 0.2) is 30.6 Å². The average Bonchev–Trinajstić information content (AvgIpc) is 2.34. The summed E-state index contributed by atoms with van der Waals surface area (Å²) in [6.07, 6.45) is 3.44. The smallest absolute Gasteiger partial charge is 0.151 e. The number of carbonyl (C=O) groups is 1. The fourth-order valence-corrected chi connectivity index (χ4v) is 1.55. The molecule has 0 aliphatic rings. The van der Waals surface area contributed by atoms with Crippen LogP contribution in [0.5, 0.6) is 0 Å². The molecule has 1 heterocycles. The number of aryl methyl sites for hydroxylation is 1. The van der Waals surface area contributed by atoms with E-state index in [0.717, 1.165) is 6.07 Å². The van der Waals surface area contributed by atoms with Gasteiger partial charge in [-0.25, -0.2) is 8.78 Å². The maximum Gasteiger partial charge on any atom is 0.151 e. The molecular weight excluding hydrogens is 224 g/mol. The summed E-state index contributed by atoms with van der Waals surface area (Å²) in [6.45, 7) is 1.55. The van der Waals surface area contributed by atoms with Gasteiger partial charge in [0.2, 0.25) is 0 Å². The summed E-state index contributed by atoms with van der Waals surface area (Å²) in [6, 6.07) is 3.74. The second kappa shape index (κ2) is 4.41. The van der Waals surface area contributed by atoms with Crippen LogP contribution in [0.25, 0.3) is 11.1 Å². The van der Waals surface area contributed by atoms with Gasteiger partial charge in [0.15, 0.2) is 6.29 Å². The molecule has 17 heavy (non-hydrogen) atoms. The normalized spacial score (nSPS) is 10.3. The van der Waals surface area contributed by atoms with Crippen molar-refractivity contribution < 1.29 is 13.6 Å². The van der Waals surface area contributed by atoms with E-state index >= 15 is 0 Å². The molecule has 2 aromatic rings. The Morgan fingerprint density at radius 3 is 2.59 bits per heavy atom. The summed E-state index contributed by atoms with van der Waals surface area (Å²) in [5, 5.41) is 0. The average molecular weight is 233 g/mol. The molecule has 0 saturated carbocycles. The molecule has 4 heteroatoms. The molecule has 0 unspecified atom stereocenters. The van der Waals surface area contributed by atoms with Gasteiger partial charge >= 0.3 is 0 Å². The van der Waals surface area contributed by atoms with Crippen LogP contribution in [-0.4, -0.2) is 11.3 Å². The van der Waals surface area contributed by atoms with Crippen molar-refractivity contribution in [2.24, 2.45) is 0 Å². The molecule has 0 saturated heterocycles. The molecular formula is C13H9F2NO. The number of benzene rings is 1. The second-order valence-electron chi connectivity index (χ2n) is 3.71. The number of hydrogen-bond donors (Lipinski definition) is 0. The first-order chi connectivity index (χ1) is 8.11. The third-order valence-corrected chi connectivity index (χ3v) is 2.45. The van der Waals surface area contributed by atoms with Gasteiger partial charge in [0.05, 0.1) is 0 Å². The number of pyridine rings is 1. The zero-order valence-corrected chi connectivity index (χ0v) is 9.08. The zero-order valence-electron chi connectivity index (χ0n) is 9.08. The topological polar surface area (TPSA) is 30.0 Å². The van der Waals surface area contributed by atoms with E-state index in [0.29, 0.717) is 23.0 Å². The Bertz CT molecular complexity index is 582. The lowest BCUT2D eigenvalue weighted by Gasteiger charge is -2.06. The number of aldehydes is 1. The molecule has 0 amide bonds. The Kier molecular flexibility index (Phi) is 2.95. The van der Waals surface area contributed by atoms with E-state index in [1.165, 1.54) is 24.5 Å². The third-order valence-electron chi connectivity index (χ3n) is 2.45. The standard InChI is InChI=1S/C13H9F2NO/c1-8-2-11(13(15)4-12(8)14)10-3-9(7-17)5-16-6-10/h2-7H,1H3. The number of rotatable bonds is 2. The van der Waals surface area contributed by atoms with Crippen molar-refractivity contribution in [2.75, 3.05) is 0 Å². The molecule has 0 bridgehead atoms. The Morgan fingerprint density at radius 2 is 1.88 bits per heavy atom. The van der Waals surface area contributed by atoms with E-state index in [2.05, 4.69) is 4.98 Å². The van der Waals surface area contributed by atoms with E-state index in [1.807, 2.05) is 0 Å². The van der Waals surface area contributed by atoms with Crippen molar-refractivity contribution in [3.8, 4) is 11.1 Å². The Morgan fingerprint density at radius 1 is 1.12 bits per heavy atom. The first-order valence-electron chi connectivity index (χ1n) is 4.98. The lowest BCUT2D eigenvalue weighted by Crippen LogP contribution is -1.92. The van der Waals surface area contributed by atoms with E-state index < -0.39 is 11.6 Å². The van der Waals surface area contributed by atoms with Crippen LogP contribution >= 0.6 is 0 Å². The molecule has 0 atom stereocenters. The first-order valence-corrected chi connectivity index (χ1v) is 4.98. The SMILES string of the molecule is Cc1cc(-c2cncc(C=O)c2)c(F)cc1F. The van der Waals surface area contributed by atoms with Crippen LogP contribution in [0, 0.1) is 18.6 Å². The zero-order chi connectivity index (χ0) is 12.4. The number of nitrogens with zero attached hydrogens (tertiary/aromatic N) is 1. The van der Waals surface area contributed by atoms with Gasteiger partial charge in [-0.3, -0.25) is 9.78 Å². The summed E-state index contributed by atoms with van der Waals surface area (Å²) in [5.41, 5.74) is 1.39. The molecule has 0 aliphatic carbocycles. The van der Waals surface area contributed by atoms with Crippen LogP contribution in [0.3, 0.4) is 0 Å². The van der Waals surface area contributed by atoms with Gasteiger partial charge in [0, 0.05) is 35.2 Å². The minimum atomic E-state index is -0.669. The van der Waals surface area contributed by atoms with Gasteiger partial charge in [-0.15, -0.1) is 0 Å². The maximum absolute atomic E-state index is 13.6. The van der Waals surface area contributed by atoms with Gasteiger partial charge in [0.25, 0.3) is 0 Å². The van der Waals surface area contributed by atoms with Crippen molar-refractivity contribution in [3.05, 3.63) is 53.4 Å². The fraction of sp³-hybridized carbons (Fsp3) is 0.0769. The monoisotopic (exact) mass is 233 g/mol. The van der Waals surface area contributed by atoms with Crippen molar-refractivity contribution >= 4 is 6.29 Å². The molecule has 1 aromatic heterocycles. The number of halogens is 2. The molecule has 0 aliphatic heterocycles. The van der Waals surface area contributed by atoms with Gasteiger partial charge in [-0.2, -0.15) is 0 Å². The van der Waals surface area contributed by atoms with E-state index in [9.17, 15) is 13.6 Å². The lowest BCUT2D eigenvalue weighted by molar-refractivity contribution is 0.112. The highest BCUT2D eigenvalue weighted by atomic mass is 19.1. The van der Waals surface area contributed by atoms with Crippen LogP contribution in [0.4, 0.5) is 8.78 Å². The number of hydrogen-bond acceptors (Lipinski definition) is 2. The third kappa shape index (κ3) is 2.20. The predicted octanol–water partition coefficient (Wildman–Crippen LogP) is 3.15. The van der Waals surface area contributed by atoms with Crippen molar-refractivity contribution in [3.63, 3.8) is 0 Å². The van der Waals surface area contributed by atoms with Gasteiger partial charge in [-0.05, 0) is 24.6 Å². The van der Waals surface area contributed by atoms with Crippen LogP contribution in [0.1, 0.15) is 15.9 Å².